The van der Waals surface area contributed by atoms with Crippen molar-refractivity contribution in [1.29, 1.82) is 0 Å². The fraction of sp³-hybridized carbons (Fsp3) is 0.350. The van der Waals surface area contributed by atoms with Crippen LogP contribution in [-0.4, -0.2) is 19.1 Å². The van der Waals surface area contributed by atoms with Crippen LogP contribution in [0.25, 0.3) is 0 Å². The molecule has 1 unspecified atom stereocenters. The van der Waals surface area contributed by atoms with Crippen LogP contribution in [0.15, 0.2) is 54.6 Å². The van der Waals surface area contributed by atoms with E-state index in [0.29, 0.717) is 13.2 Å². The topological polar surface area (TPSA) is 38.3 Å². The lowest BCUT2D eigenvalue weighted by atomic mass is 9.94. The molecule has 0 fully saturated rings. The number of rotatable bonds is 8. The Morgan fingerprint density at radius 2 is 1.91 bits per heavy atom. The first-order valence-electron chi connectivity index (χ1n) is 8.23. The smallest absolute Gasteiger partial charge is 0.227 e. The lowest BCUT2D eigenvalue weighted by Gasteiger charge is -2.16. The molecular formula is C20H25NO2. The van der Waals surface area contributed by atoms with Gasteiger partial charge in [-0.25, -0.2) is 0 Å². The Morgan fingerprint density at radius 1 is 1.13 bits per heavy atom. The van der Waals surface area contributed by atoms with E-state index in [0.717, 1.165) is 24.2 Å². The van der Waals surface area contributed by atoms with Crippen molar-refractivity contribution >= 4 is 5.91 Å². The number of ether oxygens (including phenoxy) is 1. The Morgan fingerprint density at radius 3 is 2.61 bits per heavy atom. The summed E-state index contributed by atoms with van der Waals surface area (Å²) in [4.78, 5) is 12.4. The number of hydrogen-bond acceptors (Lipinski definition) is 2. The predicted molar refractivity (Wildman–Crippen MR) is 93.8 cm³/mol. The Bertz CT molecular complexity index is 610. The maximum Gasteiger partial charge on any atom is 0.227 e. The minimum absolute atomic E-state index is 0.0749. The highest BCUT2D eigenvalue weighted by atomic mass is 16.5. The molecule has 0 saturated heterocycles. The molecule has 2 aromatic carbocycles. The summed E-state index contributed by atoms with van der Waals surface area (Å²) < 4.78 is 5.67. The Hall–Kier alpha value is -2.29. The van der Waals surface area contributed by atoms with Gasteiger partial charge in [0.25, 0.3) is 0 Å². The molecule has 23 heavy (non-hydrogen) atoms. The summed E-state index contributed by atoms with van der Waals surface area (Å²) in [7, 11) is 0. The summed E-state index contributed by atoms with van der Waals surface area (Å²) in [6.07, 6.45) is 1.83. The summed E-state index contributed by atoms with van der Waals surface area (Å²) in [5.74, 6) is 0.832. The molecule has 0 bridgehead atoms. The third kappa shape index (κ3) is 5.44. The standard InChI is InChI=1S/C20H25NO2/c1-3-8-19(17-10-5-4-6-11-17)20(22)21-13-14-23-18-12-7-9-16(2)15-18/h4-7,9-12,15,19H,3,8,13-14H2,1-2H3,(H,21,22). The van der Waals surface area contributed by atoms with Crippen molar-refractivity contribution in [3.05, 3.63) is 65.7 Å². The maximum absolute atomic E-state index is 12.4. The van der Waals surface area contributed by atoms with Crippen LogP contribution in [0.3, 0.4) is 0 Å². The molecule has 0 aromatic heterocycles. The van der Waals surface area contributed by atoms with Gasteiger partial charge in [-0.2, -0.15) is 0 Å². The molecule has 0 saturated carbocycles. The molecule has 0 heterocycles. The third-order valence-corrected chi connectivity index (χ3v) is 3.76. The van der Waals surface area contributed by atoms with Gasteiger partial charge in [0.15, 0.2) is 0 Å². The normalized spacial score (nSPS) is 11.7. The number of aryl methyl sites for hydroxylation is 1. The monoisotopic (exact) mass is 311 g/mol. The number of amides is 1. The van der Waals surface area contributed by atoms with E-state index >= 15 is 0 Å². The molecule has 1 N–H and O–H groups in total. The molecule has 122 valence electrons. The largest absolute Gasteiger partial charge is 0.492 e. The minimum Gasteiger partial charge on any atom is -0.492 e. The second kappa shape index (κ2) is 8.99. The number of hydrogen-bond donors (Lipinski definition) is 1. The van der Waals surface area contributed by atoms with Gasteiger partial charge in [-0.3, -0.25) is 4.79 Å². The number of benzene rings is 2. The lowest BCUT2D eigenvalue weighted by Crippen LogP contribution is -2.32. The molecule has 2 rings (SSSR count). The molecule has 1 amide bonds. The van der Waals surface area contributed by atoms with Crippen molar-refractivity contribution in [3.63, 3.8) is 0 Å². The first-order chi connectivity index (χ1) is 11.2. The molecule has 1 atom stereocenters. The summed E-state index contributed by atoms with van der Waals surface area (Å²) in [6, 6.07) is 17.9. The van der Waals surface area contributed by atoms with Crippen LogP contribution in [-0.2, 0) is 4.79 Å². The van der Waals surface area contributed by atoms with Gasteiger partial charge in [0.2, 0.25) is 5.91 Å². The van der Waals surface area contributed by atoms with Crippen LogP contribution in [0.2, 0.25) is 0 Å². The second-order valence-electron chi connectivity index (χ2n) is 5.71. The van der Waals surface area contributed by atoms with Gasteiger partial charge >= 0.3 is 0 Å². The van der Waals surface area contributed by atoms with E-state index in [4.69, 9.17) is 4.74 Å². The minimum atomic E-state index is -0.0832. The maximum atomic E-state index is 12.4. The first kappa shape index (κ1) is 17.1. The molecule has 3 nitrogen and oxygen atoms in total. The van der Waals surface area contributed by atoms with E-state index in [2.05, 4.69) is 12.2 Å². The van der Waals surface area contributed by atoms with E-state index in [1.165, 1.54) is 5.56 Å². The van der Waals surface area contributed by atoms with Gasteiger partial charge in [0.05, 0.1) is 12.5 Å². The third-order valence-electron chi connectivity index (χ3n) is 3.76. The zero-order valence-corrected chi connectivity index (χ0v) is 13.9. The van der Waals surface area contributed by atoms with Crippen LogP contribution in [0, 0.1) is 6.92 Å². The summed E-state index contributed by atoms with van der Waals surface area (Å²) >= 11 is 0. The summed E-state index contributed by atoms with van der Waals surface area (Å²) in [6.45, 7) is 5.12. The number of carbonyl (C=O) groups is 1. The highest BCUT2D eigenvalue weighted by Gasteiger charge is 2.18. The number of nitrogens with one attached hydrogen (secondary N) is 1. The quantitative estimate of drug-likeness (QED) is 0.746. The average Bonchev–Trinajstić information content (AvgIpc) is 2.57. The van der Waals surface area contributed by atoms with Crippen LogP contribution < -0.4 is 10.1 Å². The van der Waals surface area contributed by atoms with E-state index in [1.54, 1.807) is 0 Å². The van der Waals surface area contributed by atoms with Gasteiger partial charge in [0.1, 0.15) is 12.4 Å². The first-order valence-corrected chi connectivity index (χ1v) is 8.23. The van der Waals surface area contributed by atoms with Crippen molar-refractivity contribution in [3.8, 4) is 5.75 Å². The Labute approximate surface area is 138 Å². The van der Waals surface area contributed by atoms with Crippen molar-refractivity contribution < 1.29 is 9.53 Å². The summed E-state index contributed by atoms with van der Waals surface area (Å²) in [5, 5.41) is 2.99. The highest BCUT2D eigenvalue weighted by molar-refractivity contribution is 5.83. The Kier molecular flexibility index (Phi) is 6.67. The van der Waals surface area contributed by atoms with E-state index in [1.807, 2.05) is 61.5 Å². The fourth-order valence-corrected chi connectivity index (χ4v) is 2.59. The predicted octanol–water partition coefficient (Wildman–Crippen LogP) is 4.07. The summed E-state index contributed by atoms with van der Waals surface area (Å²) in [5.41, 5.74) is 2.24. The number of carbonyl (C=O) groups excluding carboxylic acids is 1. The SMILES string of the molecule is CCCC(C(=O)NCCOc1cccc(C)c1)c1ccccc1. The van der Waals surface area contributed by atoms with Gasteiger partial charge in [-0.05, 0) is 36.6 Å². The molecule has 0 aliphatic heterocycles. The molecule has 0 radical (unpaired) electrons. The van der Waals surface area contributed by atoms with Crippen molar-refractivity contribution in [2.24, 2.45) is 0 Å². The molecule has 0 aliphatic carbocycles. The molecule has 0 spiro atoms. The van der Waals surface area contributed by atoms with E-state index < -0.39 is 0 Å². The zero-order chi connectivity index (χ0) is 16.5. The van der Waals surface area contributed by atoms with Gasteiger partial charge in [-0.15, -0.1) is 0 Å². The van der Waals surface area contributed by atoms with Crippen molar-refractivity contribution in [2.75, 3.05) is 13.2 Å². The Balaban J connectivity index is 1.82. The van der Waals surface area contributed by atoms with Crippen molar-refractivity contribution in [2.45, 2.75) is 32.6 Å². The average molecular weight is 311 g/mol. The van der Waals surface area contributed by atoms with Crippen LogP contribution in [0.4, 0.5) is 0 Å². The van der Waals surface area contributed by atoms with Gasteiger partial charge in [-0.1, -0.05) is 55.8 Å². The van der Waals surface area contributed by atoms with Gasteiger partial charge < -0.3 is 10.1 Å². The zero-order valence-electron chi connectivity index (χ0n) is 13.9. The molecule has 3 heteroatoms. The van der Waals surface area contributed by atoms with E-state index in [-0.39, 0.29) is 11.8 Å². The van der Waals surface area contributed by atoms with E-state index in [9.17, 15) is 4.79 Å². The van der Waals surface area contributed by atoms with Crippen LogP contribution >= 0.6 is 0 Å². The lowest BCUT2D eigenvalue weighted by molar-refractivity contribution is -0.122. The van der Waals surface area contributed by atoms with Gasteiger partial charge in [0, 0.05) is 0 Å². The molecular weight excluding hydrogens is 286 g/mol. The van der Waals surface area contributed by atoms with Crippen LogP contribution in [0.1, 0.15) is 36.8 Å². The highest BCUT2D eigenvalue weighted by Crippen LogP contribution is 2.21. The van der Waals surface area contributed by atoms with Crippen LogP contribution in [0.5, 0.6) is 5.75 Å². The van der Waals surface area contributed by atoms with Crippen molar-refractivity contribution in [1.82, 2.24) is 5.32 Å². The molecule has 2 aromatic rings. The fourth-order valence-electron chi connectivity index (χ4n) is 2.59. The second-order valence-corrected chi connectivity index (χ2v) is 5.71. The molecule has 0 aliphatic rings.